The quantitative estimate of drug-likeness (QED) is 0.472. The molecular weight excluding hydrogens is 212 g/mol. The third-order valence-electron chi connectivity index (χ3n) is 3.42. The molecule has 0 N–H and O–H groups in total. The molecule has 0 amide bonds. The van der Waals surface area contributed by atoms with Gasteiger partial charge in [0.25, 0.3) is 0 Å². The van der Waals surface area contributed by atoms with Crippen molar-refractivity contribution in [1.82, 2.24) is 0 Å². The summed E-state index contributed by atoms with van der Waals surface area (Å²) >= 11 is 0. The van der Waals surface area contributed by atoms with Crippen LogP contribution >= 0.6 is 0 Å². The van der Waals surface area contributed by atoms with E-state index in [1.807, 2.05) is 20.8 Å². The molecule has 1 rings (SSSR count). The molecule has 0 spiro atoms. The third-order valence-corrected chi connectivity index (χ3v) is 3.42. The van der Waals surface area contributed by atoms with Crippen LogP contribution in [0.4, 0.5) is 0 Å². The Morgan fingerprint density at radius 1 is 1.06 bits per heavy atom. The van der Waals surface area contributed by atoms with Gasteiger partial charge in [0, 0.05) is 5.41 Å². The molecule has 0 aromatic heterocycles. The normalized spacial score (nSPS) is 23.8. The molecule has 1 fully saturated rings. The molecule has 0 saturated carbocycles. The number of hydrogen-bond acceptors (Lipinski definition) is 2. The first-order valence-electron chi connectivity index (χ1n) is 7.16. The molecule has 0 bridgehead atoms. The number of unbranched alkanes of at least 4 members (excludes halogenated alkanes) is 5. The van der Waals surface area contributed by atoms with E-state index in [2.05, 4.69) is 6.92 Å². The van der Waals surface area contributed by atoms with Crippen LogP contribution in [0, 0.1) is 5.41 Å². The van der Waals surface area contributed by atoms with Gasteiger partial charge in [-0.2, -0.15) is 0 Å². The number of carbonyl (C=O) groups is 1. The molecule has 2 heteroatoms. The number of hydrogen-bond donors (Lipinski definition) is 0. The van der Waals surface area contributed by atoms with Gasteiger partial charge in [0.05, 0.1) is 6.10 Å². The van der Waals surface area contributed by atoms with Gasteiger partial charge in [-0.25, -0.2) is 0 Å². The van der Waals surface area contributed by atoms with Crippen LogP contribution in [0.2, 0.25) is 0 Å². The topological polar surface area (TPSA) is 29.6 Å². The van der Waals surface area contributed by atoms with E-state index in [-0.39, 0.29) is 23.4 Å². The first-order valence-corrected chi connectivity index (χ1v) is 7.16. The van der Waals surface area contributed by atoms with Crippen molar-refractivity contribution in [2.45, 2.75) is 84.8 Å². The molecule has 1 heterocycles. The molecular formula is C15H28O2. The van der Waals surface area contributed by atoms with Crippen LogP contribution in [0.25, 0.3) is 0 Å². The lowest BCUT2D eigenvalue weighted by Gasteiger charge is -2.14. The summed E-state index contributed by atoms with van der Waals surface area (Å²) in [5.74, 6) is 0.272. The molecule has 2 nitrogen and oxygen atoms in total. The molecule has 17 heavy (non-hydrogen) atoms. The Kier molecular flexibility index (Phi) is 5.64. The van der Waals surface area contributed by atoms with Crippen molar-refractivity contribution in [3.05, 3.63) is 0 Å². The number of rotatable bonds is 8. The van der Waals surface area contributed by atoms with Gasteiger partial charge < -0.3 is 4.74 Å². The summed E-state index contributed by atoms with van der Waals surface area (Å²) in [5.41, 5.74) is -0.249. The van der Waals surface area contributed by atoms with E-state index < -0.39 is 0 Å². The molecule has 0 aromatic carbocycles. The predicted octanol–water partition coefficient (Wildman–Crippen LogP) is 4.12. The third kappa shape index (κ3) is 5.20. The summed E-state index contributed by atoms with van der Waals surface area (Å²) in [7, 11) is 0. The van der Waals surface area contributed by atoms with Crippen molar-refractivity contribution < 1.29 is 9.53 Å². The number of epoxide rings is 1. The van der Waals surface area contributed by atoms with E-state index in [1.165, 1.54) is 38.5 Å². The first kappa shape index (κ1) is 14.7. The zero-order valence-corrected chi connectivity index (χ0v) is 11.9. The maximum atomic E-state index is 11.9. The monoisotopic (exact) mass is 240 g/mol. The fourth-order valence-corrected chi connectivity index (χ4v) is 2.15. The Morgan fingerprint density at radius 2 is 1.65 bits per heavy atom. The van der Waals surface area contributed by atoms with Crippen molar-refractivity contribution >= 4 is 5.78 Å². The summed E-state index contributed by atoms with van der Waals surface area (Å²) in [6.45, 7) is 8.15. The predicted molar refractivity (Wildman–Crippen MR) is 71.1 cm³/mol. The summed E-state index contributed by atoms with van der Waals surface area (Å²) < 4.78 is 5.48. The molecule has 0 radical (unpaired) electrons. The second-order valence-electron chi connectivity index (χ2n) is 6.27. The summed E-state index contributed by atoms with van der Waals surface area (Å²) in [6.07, 6.45) is 9.04. The minimum absolute atomic E-state index is 0.0920. The van der Waals surface area contributed by atoms with Gasteiger partial charge in [-0.15, -0.1) is 0 Å². The van der Waals surface area contributed by atoms with Crippen LogP contribution in [-0.2, 0) is 9.53 Å². The maximum Gasteiger partial charge on any atom is 0.169 e. The van der Waals surface area contributed by atoms with Gasteiger partial charge in [0.2, 0.25) is 0 Å². The average Bonchev–Trinajstić information content (AvgIpc) is 3.00. The highest BCUT2D eigenvalue weighted by atomic mass is 16.6. The van der Waals surface area contributed by atoms with Crippen molar-refractivity contribution in [3.8, 4) is 0 Å². The van der Waals surface area contributed by atoms with Crippen LogP contribution < -0.4 is 0 Å². The number of ketones is 1. The molecule has 100 valence electrons. The number of carbonyl (C=O) groups excluding carboxylic acids is 1. The van der Waals surface area contributed by atoms with E-state index in [0.29, 0.717) is 0 Å². The zero-order valence-electron chi connectivity index (χ0n) is 11.9. The molecule has 1 aliphatic heterocycles. The fourth-order valence-electron chi connectivity index (χ4n) is 2.15. The highest BCUT2D eigenvalue weighted by Crippen LogP contribution is 2.33. The highest BCUT2D eigenvalue weighted by Gasteiger charge is 2.47. The van der Waals surface area contributed by atoms with Crippen LogP contribution in [0.3, 0.4) is 0 Å². The zero-order chi connectivity index (χ0) is 12.9. The first-order chi connectivity index (χ1) is 7.96. The Bertz CT molecular complexity index is 240. The lowest BCUT2D eigenvalue weighted by atomic mass is 9.87. The fraction of sp³-hybridized carbons (Fsp3) is 0.933. The van der Waals surface area contributed by atoms with Crippen molar-refractivity contribution in [1.29, 1.82) is 0 Å². The second kappa shape index (κ2) is 6.53. The van der Waals surface area contributed by atoms with Crippen molar-refractivity contribution in [3.63, 3.8) is 0 Å². The van der Waals surface area contributed by atoms with E-state index in [1.54, 1.807) is 0 Å². The highest BCUT2D eigenvalue weighted by molar-refractivity contribution is 5.90. The lowest BCUT2D eigenvalue weighted by molar-refractivity contribution is -0.127. The molecule has 0 unspecified atom stereocenters. The SMILES string of the molecule is CCCCCCCC[C@H]1O[C@@H]1C(=O)C(C)(C)C. The Hall–Kier alpha value is -0.370. The Labute approximate surface area is 106 Å². The minimum Gasteiger partial charge on any atom is -0.361 e. The van der Waals surface area contributed by atoms with Crippen LogP contribution in [0.1, 0.15) is 72.6 Å². The van der Waals surface area contributed by atoms with Crippen molar-refractivity contribution in [2.24, 2.45) is 5.41 Å². The maximum absolute atomic E-state index is 11.9. The Morgan fingerprint density at radius 3 is 2.24 bits per heavy atom. The summed E-state index contributed by atoms with van der Waals surface area (Å²) in [6, 6.07) is 0. The van der Waals surface area contributed by atoms with Crippen LogP contribution in [0.15, 0.2) is 0 Å². The number of ether oxygens (including phenoxy) is 1. The molecule has 0 aromatic rings. The molecule has 1 aliphatic rings. The standard InChI is InChI=1S/C15H28O2/c1-5-6-7-8-9-10-11-12-13(17-12)14(16)15(2,3)4/h12-13H,5-11H2,1-4H3/t12-,13+/m1/s1. The second-order valence-corrected chi connectivity index (χ2v) is 6.27. The Balaban J connectivity index is 2.03. The van der Waals surface area contributed by atoms with Gasteiger partial charge in [0.1, 0.15) is 6.10 Å². The van der Waals surface area contributed by atoms with Gasteiger partial charge in [0.15, 0.2) is 5.78 Å². The lowest BCUT2D eigenvalue weighted by Crippen LogP contribution is -2.26. The van der Waals surface area contributed by atoms with Crippen LogP contribution in [-0.4, -0.2) is 18.0 Å². The minimum atomic E-state index is -0.249. The molecule has 1 saturated heterocycles. The van der Waals surface area contributed by atoms with Gasteiger partial charge in [-0.1, -0.05) is 66.2 Å². The smallest absolute Gasteiger partial charge is 0.169 e. The largest absolute Gasteiger partial charge is 0.361 e. The van der Waals surface area contributed by atoms with E-state index in [9.17, 15) is 4.79 Å². The van der Waals surface area contributed by atoms with Crippen molar-refractivity contribution in [2.75, 3.05) is 0 Å². The van der Waals surface area contributed by atoms with E-state index in [0.717, 1.165) is 6.42 Å². The van der Waals surface area contributed by atoms with Crippen LogP contribution in [0.5, 0.6) is 0 Å². The van der Waals surface area contributed by atoms with Gasteiger partial charge in [-0.3, -0.25) is 4.79 Å². The van der Waals surface area contributed by atoms with E-state index in [4.69, 9.17) is 4.74 Å². The van der Waals surface area contributed by atoms with Gasteiger partial charge in [-0.05, 0) is 6.42 Å². The summed E-state index contributed by atoms with van der Waals surface area (Å²) in [4.78, 5) is 11.9. The molecule has 2 atom stereocenters. The average molecular weight is 240 g/mol. The number of Topliss-reactive ketones (excluding diaryl/α,β-unsaturated/α-hetero) is 1. The van der Waals surface area contributed by atoms with E-state index >= 15 is 0 Å². The summed E-state index contributed by atoms with van der Waals surface area (Å²) in [5, 5.41) is 0. The van der Waals surface area contributed by atoms with Gasteiger partial charge >= 0.3 is 0 Å². The molecule has 0 aliphatic carbocycles.